The SMILES string of the molecule is COc1ccccc1CNC(=O)c1ccc2[nH]c(=O)[nH]c2c1. The van der Waals surface area contributed by atoms with Crippen LogP contribution in [0.25, 0.3) is 11.0 Å². The predicted octanol–water partition coefficient (Wildman–Crippen LogP) is 1.79. The van der Waals surface area contributed by atoms with Crippen molar-refractivity contribution in [2.24, 2.45) is 0 Å². The topological polar surface area (TPSA) is 87.0 Å². The van der Waals surface area contributed by atoms with Crippen molar-refractivity contribution in [3.8, 4) is 5.75 Å². The van der Waals surface area contributed by atoms with Gasteiger partial charge in [0.2, 0.25) is 0 Å². The zero-order valence-corrected chi connectivity index (χ0v) is 12.0. The molecular formula is C16H15N3O3. The molecule has 0 aliphatic heterocycles. The molecule has 0 saturated carbocycles. The summed E-state index contributed by atoms with van der Waals surface area (Å²) in [7, 11) is 1.59. The van der Waals surface area contributed by atoms with Gasteiger partial charge in [0.25, 0.3) is 5.91 Å². The Balaban J connectivity index is 1.76. The number of imidazole rings is 1. The molecule has 0 atom stereocenters. The number of nitrogens with one attached hydrogen (secondary N) is 3. The highest BCUT2D eigenvalue weighted by Crippen LogP contribution is 2.17. The van der Waals surface area contributed by atoms with Crippen molar-refractivity contribution in [2.75, 3.05) is 7.11 Å². The number of methoxy groups -OCH3 is 1. The molecule has 3 N–H and O–H groups in total. The van der Waals surface area contributed by atoms with E-state index in [1.54, 1.807) is 25.3 Å². The van der Waals surface area contributed by atoms with E-state index in [4.69, 9.17) is 4.74 Å². The fourth-order valence-corrected chi connectivity index (χ4v) is 2.30. The summed E-state index contributed by atoms with van der Waals surface area (Å²) in [4.78, 5) is 28.7. The van der Waals surface area contributed by atoms with Crippen molar-refractivity contribution in [2.45, 2.75) is 6.54 Å². The standard InChI is InChI=1S/C16H15N3O3/c1-22-14-5-3-2-4-11(14)9-17-15(20)10-6-7-12-13(8-10)19-16(21)18-12/h2-8H,9H2,1H3,(H,17,20)(H2,18,19,21). The van der Waals surface area contributed by atoms with Gasteiger partial charge in [0.15, 0.2) is 0 Å². The molecule has 0 saturated heterocycles. The van der Waals surface area contributed by atoms with Crippen molar-refractivity contribution >= 4 is 16.9 Å². The number of fused-ring (bicyclic) bond motifs is 1. The van der Waals surface area contributed by atoms with Gasteiger partial charge in [0.1, 0.15) is 5.75 Å². The van der Waals surface area contributed by atoms with Crippen LogP contribution in [-0.2, 0) is 6.54 Å². The highest BCUT2D eigenvalue weighted by atomic mass is 16.5. The molecule has 22 heavy (non-hydrogen) atoms. The molecule has 0 spiro atoms. The minimum absolute atomic E-state index is 0.213. The van der Waals surface area contributed by atoms with Crippen LogP contribution in [0.5, 0.6) is 5.75 Å². The van der Waals surface area contributed by atoms with Crippen molar-refractivity contribution < 1.29 is 9.53 Å². The van der Waals surface area contributed by atoms with Gasteiger partial charge in [-0.2, -0.15) is 0 Å². The van der Waals surface area contributed by atoms with Crippen LogP contribution in [0.2, 0.25) is 0 Å². The van der Waals surface area contributed by atoms with Crippen LogP contribution < -0.4 is 15.7 Å². The molecule has 0 bridgehead atoms. The fraction of sp³-hybridized carbons (Fsp3) is 0.125. The Morgan fingerprint density at radius 2 is 1.91 bits per heavy atom. The maximum atomic E-state index is 12.2. The number of benzene rings is 2. The number of amides is 1. The molecule has 3 aromatic rings. The first-order valence-corrected chi connectivity index (χ1v) is 6.79. The molecule has 112 valence electrons. The molecular weight excluding hydrogens is 282 g/mol. The van der Waals surface area contributed by atoms with Gasteiger partial charge in [-0.05, 0) is 24.3 Å². The summed E-state index contributed by atoms with van der Waals surface area (Å²) in [5, 5.41) is 2.84. The van der Waals surface area contributed by atoms with E-state index < -0.39 is 0 Å². The number of para-hydroxylation sites is 1. The van der Waals surface area contributed by atoms with E-state index in [2.05, 4.69) is 15.3 Å². The maximum Gasteiger partial charge on any atom is 0.323 e. The minimum atomic E-state index is -0.290. The lowest BCUT2D eigenvalue weighted by atomic mass is 10.1. The third-order valence-corrected chi connectivity index (χ3v) is 3.41. The summed E-state index contributed by atoms with van der Waals surface area (Å²) in [5.41, 5.74) is 2.37. The number of carbonyl (C=O) groups excluding carboxylic acids is 1. The second-order valence-electron chi connectivity index (χ2n) is 4.83. The Labute approximate surface area is 126 Å². The first kappa shape index (κ1) is 13.9. The quantitative estimate of drug-likeness (QED) is 0.686. The number of hydrogen-bond acceptors (Lipinski definition) is 3. The Morgan fingerprint density at radius 3 is 2.73 bits per heavy atom. The van der Waals surface area contributed by atoms with Crippen LogP contribution in [0.4, 0.5) is 0 Å². The van der Waals surface area contributed by atoms with E-state index in [1.165, 1.54) is 0 Å². The van der Waals surface area contributed by atoms with Crippen molar-refractivity contribution in [1.29, 1.82) is 0 Å². The Hall–Kier alpha value is -3.02. The first-order chi connectivity index (χ1) is 10.7. The number of carbonyl (C=O) groups is 1. The van der Waals surface area contributed by atoms with Crippen LogP contribution >= 0.6 is 0 Å². The van der Waals surface area contributed by atoms with E-state index in [0.717, 1.165) is 11.3 Å². The van der Waals surface area contributed by atoms with Gasteiger partial charge in [0, 0.05) is 17.7 Å². The van der Waals surface area contributed by atoms with Crippen LogP contribution in [0.15, 0.2) is 47.3 Å². The lowest BCUT2D eigenvalue weighted by Crippen LogP contribution is -2.23. The third kappa shape index (κ3) is 2.71. The molecule has 1 heterocycles. The van der Waals surface area contributed by atoms with Gasteiger partial charge in [-0.25, -0.2) is 4.79 Å². The average molecular weight is 297 g/mol. The molecule has 0 aliphatic carbocycles. The van der Waals surface area contributed by atoms with E-state index in [9.17, 15) is 9.59 Å². The van der Waals surface area contributed by atoms with Crippen molar-refractivity contribution in [3.63, 3.8) is 0 Å². The zero-order chi connectivity index (χ0) is 15.5. The van der Waals surface area contributed by atoms with Gasteiger partial charge in [-0.3, -0.25) is 4.79 Å². The molecule has 1 amide bonds. The normalized spacial score (nSPS) is 10.6. The number of aromatic nitrogens is 2. The Morgan fingerprint density at radius 1 is 1.14 bits per heavy atom. The number of ether oxygens (including phenoxy) is 1. The van der Waals surface area contributed by atoms with Gasteiger partial charge >= 0.3 is 5.69 Å². The van der Waals surface area contributed by atoms with Gasteiger partial charge in [-0.15, -0.1) is 0 Å². The summed E-state index contributed by atoms with van der Waals surface area (Å²) < 4.78 is 5.25. The maximum absolute atomic E-state index is 12.2. The molecule has 0 radical (unpaired) electrons. The van der Waals surface area contributed by atoms with Crippen molar-refractivity contribution in [3.05, 3.63) is 64.1 Å². The monoisotopic (exact) mass is 297 g/mol. The second-order valence-corrected chi connectivity index (χ2v) is 4.83. The molecule has 2 aromatic carbocycles. The lowest BCUT2D eigenvalue weighted by molar-refractivity contribution is 0.0951. The van der Waals surface area contributed by atoms with Crippen LogP contribution in [0, 0.1) is 0 Å². The summed E-state index contributed by atoms with van der Waals surface area (Å²) in [6.45, 7) is 0.366. The largest absolute Gasteiger partial charge is 0.496 e. The van der Waals surface area contributed by atoms with Gasteiger partial charge in [-0.1, -0.05) is 18.2 Å². The van der Waals surface area contributed by atoms with E-state index in [1.807, 2.05) is 24.3 Å². The third-order valence-electron chi connectivity index (χ3n) is 3.41. The summed E-state index contributed by atoms with van der Waals surface area (Å²) in [6, 6.07) is 12.5. The molecule has 3 rings (SSSR count). The van der Waals surface area contributed by atoms with Crippen LogP contribution in [0.3, 0.4) is 0 Å². The Kier molecular flexibility index (Phi) is 3.65. The molecule has 6 nitrogen and oxygen atoms in total. The summed E-state index contributed by atoms with van der Waals surface area (Å²) in [5.74, 6) is 0.517. The average Bonchev–Trinajstić information content (AvgIpc) is 2.91. The molecule has 0 aliphatic rings. The number of aromatic amines is 2. The molecule has 6 heteroatoms. The van der Waals surface area contributed by atoms with Gasteiger partial charge in [0.05, 0.1) is 18.1 Å². The fourth-order valence-electron chi connectivity index (χ4n) is 2.30. The smallest absolute Gasteiger partial charge is 0.323 e. The number of H-pyrrole nitrogens is 2. The summed E-state index contributed by atoms with van der Waals surface area (Å²) >= 11 is 0. The van der Waals surface area contributed by atoms with Crippen molar-refractivity contribution in [1.82, 2.24) is 15.3 Å². The highest BCUT2D eigenvalue weighted by Gasteiger charge is 2.09. The molecule has 0 unspecified atom stereocenters. The van der Waals surface area contributed by atoms with Crippen LogP contribution in [0.1, 0.15) is 15.9 Å². The minimum Gasteiger partial charge on any atom is -0.496 e. The predicted molar refractivity (Wildman–Crippen MR) is 83.1 cm³/mol. The van der Waals surface area contributed by atoms with E-state index >= 15 is 0 Å². The second kappa shape index (κ2) is 5.77. The van der Waals surface area contributed by atoms with Crippen LogP contribution in [-0.4, -0.2) is 23.0 Å². The number of rotatable bonds is 4. The van der Waals surface area contributed by atoms with E-state index in [0.29, 0.717) is 23.1 Å². The molecule has 0 fully saturated rings. The lowest BCUT2D eigenvalue weighted by Gasteiger charge is -2.09. The number of hydrogen-bond donors (Lipinski definition) is 3. The Bertz CT molecular complexity index is 879. The highest BCUT2D eigenvalue weighted by molar-refractivity contribution is 5.97. The molecule has 1 aromatic heterocycles. The van der Waals surface area contributed by atoms with E-state index in [-0.39, 0.29) is 11.6 Å². The first-order valence-electron chi connectivity index (χ1n) is 6.79. The zero-order valence-electron chi connectivity index (χ0n) is 12.0. The summed E-state index contributed by atoms with van der Waals surface area (Å²) in [6.07, 6.45) is 0. The van der Waals surface area contributed by atoms with Gasteiger partial charge < -0.3 is 20.0 Å².